The van der Waals surface area contributed by atoms with Gasteiger partial charge in [0, 0.05) is 61.2 Å². The Morgan fingerprint density at radius 3 is 2.49 bits per heavy atom. The zero-order valence-electron chi connectivity index (χ0n) is 28.6. The molecule has 2 fully saturated rings. The number of likely N-dealkylation sites (N-methyl/N-ethyl adjacent to an activating group) is 2. The second-order valence-electron chi connectivity index (χ2n) is 13.8. The van der Waals surface area contributed by atoms with Gasteiger partial charge in [0.2, 0.25) is 5.91 Å². The summed E-state index contributed by atoms with van der Waals surface area (Å²) in [6, 6.07) is 11.9. The highest BCUT2D eigenvalue weighted by molar-refractivity contribution is 7.88. The number of nitrogens with one attached hydrogen (secondary N) is 2. The summed E-state index contributed by atoms with van der Waals surface area (Å²) in [5.41, 5.74) is 5.11. The van der Waals surface area contributed by atoms with Crippen LogP contribution in [0.5, 0.6) is 5.75 Å². The fourth-order valence-corrected chi connectivity index (χ4v) is 8.65. The largest absolute Gasteiger partial charge is 0.497 e. The Bertz CT molecular complexity index is 1800. The molecule has 2 saturated carbocycles. The van der Waals surface area contributed by atoms with E-state index in [4.69, 9.17) is 4.74 Å². The number of carbonyl (C=O) groups excluding carboxylic acids is 2. The highest BCUT2D eigenvalue weighted by Gasteiger charge is 2.64. The molecule has 2 heterocycles. The number of hydrogen-bond acceptors (Lipinski definition) is 6. The van der Waals surface area contributed by atoms with Crippen LogP contribution in [0.4, 0.5) is 0 Å². The number of hydrogen-bond donors (Lipinski definition) is 2. The second-order valence-corrected chi connectivity index (χ2v) is 15.4. The van der Waals surface area contributed by atoms with Gasteiger partial charge in [0.15, 0.2) is 0 Å². The number of ether oxygens (including phenoxy) is 1. The number of rotatable bonds is 11. The van der Waals surface area contributed by atoms with Crippen LogP contribution in [0.25, 0.3) is 22.2 Å². The molecule has 1 aliphatic heterocycles. The maximum absolute atomic E-state index is 14.8. The normalized spacial score (nSPS) is 21.4. The maximum Gasteiger partial charge on any atom is 0.301 e. The van der Waals surface area contributed by atoms with Gasteiger partial charge in [-0.05, 0) is 86.7 Å². The van der Waals surface area contributed by atoms with Crippen LogP contribution in [-0.2, 0) is 21.5 Å². The maximum atomic E-state index is 14.8. The van der Waals surface area contributed by atoms with Crippen molar-refractivity contribution in [2.75, 3.05) is 41.3 Å². The molecule has 254 valence electrons. The minimum absolute atomic E-state index is 0.0327. The zero-order valence-corrected chi connectivity index (χ0v) is 29.4. The smallest absolute Gasteiger partial charge is 0.301 e. The lowest BCUT2D eigenvalue weighted by Crippen LogP contribution is -2.47. The SMILES string of the molecule is CC[C@H](CN(C)CC)N(C)C(=O)C12CC1c1cc(OC)ccc1-c1c(C3CCCCC3)c3ccc(C(=O)NS(=O)(=O)NC)cc3n1C2. The molecule has 10 nitrogen and oxygen atoms in total. The fourth-order valence-electron chi connectivity index (χ4n) is 8.19. The van der Waals surface area contributed by atoms with E-state index in [1.807, 2.05) is 30.1 Å². The van der Waals surface area contributed by atoms with Crippen molar-refractivity contribution >= 4 is 32.9 Å². The molecule has 0 spiro atoms. The van der Waals surface area contributed by atoms with Crippen LogP contribution in [0.15, 0.2) is 36.4 Å². The zero-order chi connectivity index (χ0) is 33.7. The summed E-state index contributed by atoms with van der Waals surface area (Å²) in [7, 11) is 3.01. The van der Waals surface area contributed by atoms with E-state index in [0.29, 0.717) is 12.5 Å². The summed E-state index contributed by atoms with van der Waals surface area (Å²) in [4.78, 5) is 32.2. The minimum atomic E-state index is -3.98. The monoisotopic (exact) mass is 663 g/mol. The van der Waals surface area contributed by atoms with Crippen LogP contribution in [-0.4, -0.2) is 82.0 Å². The van der Waals surface area contributed by atoms with Crippen molar-refractivity contribution in [2.24, 2.45) is 5.41 Å². The van der Waals surface area contributed by atoms with Crippen molar-refractivity contribution in [3.8, 4) is 17.0 Å². The third kappa shape index (κ3) is 5.95. The topological polar surface area (TPSA) is 113 Å². The Hall–Kier alpha value is -3.41. The van der Waals surface area contributed by atoms with E-state index >= 15 is 0 Å². The molecule has 3 aromatic rings. The summed E-state index contributed by atoms with van der Waals surface area (Å²) in [6.07, 6.45) is 7.30. The predicted octanol–water partition coefficient (Wildman–Crippen LogP) is 5.23. The first-order chi connectivity index (χ1) is 22.5. The van der Waals surface area contributed by atoms with E-state index in [2.05, 4.69) is 51.9 Å². The Labute approximate surface area is 279 Å². The summed E-state index contributed by atoms with van der Waals surface area (Å²) in [6.45, 7) is 6.47. The van der Waals surface area contributed by atoms with Crippen molar-refractivity contribution in [2.45, 2.75) is 83.2 Å². The first-order valence-electron chi connectivity index (χ1n) is 17.0. The summed E-state index contributed by atoms with van der Waals surface area (Å²) >= 11 is 0. The van der Waals surface area contributed by atoms with Gasteiger partial charge < -0.3 is 19.1 Å². The number of fused-ring (bicyclic) bond motifs is 7. The number of methoxy groups -OCH3 is 1. The lowest BCUT2D eigenvalue weighted by molar-refractivity contribution is -0.139. The van der Waals surface area contributed by atoms with E-state index in [9.17, 15) is 18.0 Å². The molecule has 0 radical (unpaired) electrons. The summed E-state index contributed by atoms with van der Waals surface area (Å²) in [5, 5.41) is 1.06. The molecule has 6 rings (SSSR count). The van der Waals surface area contributed by atoms with Crippen LogP contribution in [0, 0.1) is 5.41 Å². The van der Waals surface area contributed by atoms with E-state index < -0.39 is 21.5 Å². The van der Waals surface area contributed by atoms with Crippen LogP contribution < -0.4 is 14.2 Å². The van der Waals surface area contributed by atoms with Crippen LogP contribution in [0.2, 0.25) is 0 Å². The first kappa shape index (κ1) is 33.5. The highest BCUT2D eigenvalue weighted by atomic mass is 32.2. The van der Waals surface area contributed by atoms with Crippen LogP contribution in [0.3, 0.4) is 0 Å². The molecule has 2 N–H and O–H groups in total. The molecule has 2 aromatic carbocycles. The Morgan fingerprint density at radius 2 is 1.83 bits per heavy atom. The van der Waals surface area contributed by atoms with Gasteiger partial charge in [0.1, 0.15) is 5.75 Å². The molecule has 1 aromatic heterocycles. The van der Waals surface area contributed by atoms with Crippen LogP contribution in [0.1, 0.15) is 92.1 Å². The lowest BCUT2D eigenvalue weighted by atomic mass is 9.81. The number of carbonyl (C=O) groups is 2. The quantitative estimate of drug-likeness (QED) is 0.291. The molecule has 47 heavy (non-hydrogen) atoms. The predicted molar refractivity (Wildman–Crippen MR) is 185 cm³/mol. The highest BCUT2D eigenvalue weighted by Crippen LogP contribution is 2.66. The van der Waals surface area contributed by atoms with Crippen molar-refractivity contribution in [3.05, 3.63) is 53.1 Å². The van der Waals surface area contributed by atoms with E-state index in [-0.39, 0.29) is 23.4 Å². The molecule has 2 unspecified atom stereocenters. The lowest BCUT2D eigenvalue weighted by Gasteiger charge is -2.34. The van der Waals surface area contributed by atoms with E-state index in [1.165, 1.54) is 19.0 Å². The van der Waals surface area contributed by atoms with E-state index in [0.717, 1.165) is 85.1 Å². The molecule has 2 aliphatic carbocycles. The van der Waals surface area contributed by atoms with Gasteiger partial charge in [-0.2, -0.15) is 8.42 Å². The van der Waals surface area contributed by atoms with Crippen molar-refractivity contribution in [1.29, 1.82) is 0 Å². The Kier molecular flexibility index (Phi) is 9.19. The molecule has 11 heteroatoms. The third-order valence-corrected chi connectivity index (χ3v) is 12.1. The first-order valence-corrected chi connectivity index (χ1v) is 18.5. The van der Waals surface area contributed by atoms with Gasteiger partial charge in [-0.25, -0.2) is 9.44 Å². The fraction of sp³-hybridized carbons (Fsp3) is 0.556. The summed E-state index contributed by atoms with van der Waals surface area (Å²) in [5.74, 6) is 0.603. The molecular formula is C36H49N5O5S. The molecular weight excluding hydrogens is 614 g/mol. The van der Waals surface area contributed by atoms with Gasteiger partial charge in [-0.15, -0.1) is 0 Å². The molecule has 0 bridgehead atoms. The van der Waals surface area contributed by atoms with Gasteiger partial charge in [-0.3, -0.25) is 9.59 Å². The second kappa shape index (κ2) is 12.9. The molecule has 2 amide bonds. The number of nitrogens with zero attached hydrogens (tertiary/aromatic N) is 3. The van der Waals surface area contributed by atoms with Gasteiger partial charge in [0.05, 0.1) is 18.2 Å². The number of amides is 2. The van der Waals surface area contributed by atoms with Crippen LogP contribution >= 0.6 is 0 Å². The summed E-state index contributed by atoms with van der Waals surface area (Å²) < 4.78 is 36.7. The average Bonchev–Trinajstić information content (AvgIpc) is 3.76. The standard InChI is InChI=1S/C36H49N5O5S/c1-7-25(21-39(4)8-2)40(5)35(43)36-20-30(36)29-19-26(46-6)15-17-27(29)33-32(23-12-10-9-11-13-23)28-16-14-24(18-31(28)41(33)22-36)34(42)38-47(44,45)37-3/h14-19,23,25,30,37H,7-13,20-22H2,1-6H3,(H,38,42)/t25-,30?,36?/m1/s1. The van der Waals surface area contributed by atoms with Crippen molar-refractivity contribution in [1.82, 2.24) is 23.8 Å². The van der Waals surface area contributed by atoms with Gasteiger partial charge >= 0.3 is 10.2 Å². The van der Waals surface area contributed by atoms with Gasteiger partial charge in [0.25, 0.3) is 5.91 Å². The van der Waals surface area contributed by atoms with Crippen molar-refractivity contribution < 1.29 is 22.7 Å². The third-order valence-electron chi connectivity index (χ3n) is 11.1. The minimum Gasteiger partial charge on any atom is -0.497 e. The average molecular weight is 664 g/mol. The molecule has 3 aliphatic rings. The van der Waals surface area contributed by atoms with Gasteiger partial charge in [-0.1, -0.05) is 39.2 Å². The Morgan fingerprint density at radius 1 is 1.09 bits per heavy atom. The number of aromatic nitrogens is 1. The number of benzene rings is 2. The molecule has 3 atom stereocenters. The van der Waals surface area contributed by atoms with E-state index in [1.54, 1.807) is 13.2 Å². The molecule has 0 saturated heterocycles. The van der Waals surface area contributed by atoms with Crippen molar-refractivity contribution in [3.63, 3.8) is 0 Å². The Balaban J connectivity index is 1.55.